The zero-order chi connectivity index (χ0) is 13.9. The van der Waals surface area contributed by atoms with Crippen LogP contribution in [-0.4, -0.2) is 35.6 Å². The topological polar surface area (TPSA) is 137 Å². The van der Waals surface area contributed by atoms with Crippen molar-refractivity contribution < 1.29 is 30.6 Å². The van der Waals surface area contributed by atoms with E-state index in [4.69, 9.17) is 0 Å². The molecule has 0 spiro atoms. The number of benzene rings is 2. The minimum absolute atomic E-state index is 0.0153. The van der Waals surface area contributed by atoms with Crippen LogP contribution >= 0.6 is 0 Å². The average molecular weight is 263 g/mol. The lowest BCUT2D eigenvalue weighted by atomic mass is 10.1. The van der Waals surface area contributed by atoms with E-state index in [0.717, 1.165) is 12.1 Å². The Morgan fingerprint density at radius 3 is 1.95 bits per heavy atom. The highest BCUT2D eigenvalue weighted by molar-refractivity contribution is 6.15. The van der Waals surface area contributed by atoms with E-state index >= 15 is 0 Å². The van der Waals surface area contributed by atoms with Crippen molar-refractivity contribution in [1.29, 1.82) is 0 Å². The van der Waals surface area contributed by atoms with Crippen molar-refractivity contribution in [1.82, 2.24) is 4.98 Å². The molecule has 0 unspecified atom stereocenters. The molecule has 0 aliphatic heterocycles. The lowest BCUT2D eigenvalue weighted by molar-refractivity contribution is 0.371. The second kappa shape index (κ2) is 3.29. The standard InChI is InChI=1S/C12H9NO6/c14-4-2-6(16)10(17)9-7(4)3-1-5(15)11(18)12(19)8(3)13-9/h1-2,13-19H. The van der Waals surface area contributed by atoms with E-state index < -0.39 is 28.7 Å². The number of phenols is 6. The van der Waals surface area contributed by atoms with Gasteiger partial charge in [-0.15, -0.1) is 0 Å². The quantitative estimate of drug-likeness (QED) is 0.243. The molecule has 7 heteroatoms. The highest BCUT2D eigenvalue weighted by Crippen LogP contribution is 2.48. The molecule has 0 saturated heterocycles. The predicted octanol–water partition coefficient (Wildman–Crippen LogP) is 1.55. The number of hydrogen-bond acceptors (Lipinski definition) is 6. The van der Waals surface area contributed by atoms with E-state index in [2.05, 4.69) is 4.98 Å². The van der Waals surface area contributed by atoms with Crippen LogP contribution < -0.4 is 0 Å². The van der Waals surface area contributed by atoms with E-state index in [0.29, 0.717) is 0 Å². The number of aromatic amines is 1. The Balaban J connectivity index is 2.64. The minimum atomic E-state index is -0.720. The van der Waals surface area contributed by atoms with Crippen LogP contribution in [0.25, 0.3) is 21.8 Å². The van der Waals surface area contributed by atoms with E-state index in [1.165, 1.54) is 0 Å². The summed E-state index contributed by atoms with van der Waals surface area (Å²) in [5, 5.41) is 57.8. The lowest BCUT2D eigenvalue weighted by Gasteiger charge is -2.02. The van der Waals surface area contributed by atoms with Crippen LogP contribution in [0.2, 0.25) is 0 Å². The Kier molecular flexibility index (Phi) is 1.93. The van der Waals surface area contributed by atoms with Crippen LogP contribution in [-0.2, 0) is 0 Å². The Morgan fingerprint density at radius 1 is 0.632 bits per heavy atom. The first-order valence-electron chi connectivity index (χ1n) is 5.25. The summed E-state index contributed by atoms with van der Waals surface area (Å²) in [6.07, 6.45) is 0. The molecule has 0 aliphatic rings. The van der Waals surface area contributed by atoms with Crippen molar-refractivity contribution in [3.63, 3.8) is 0 Å². The van der Waals surface area contributed by atoms with Gasteiger partial charge in [0.05, 0.1) is 16.4 Å². The largest absolute Gasteiger partial charge is 0.507 e. The molecule has 98 valence electrons. The monoisotopic (exact) mass is 263 g/mol. The third kappa shape index (κ3) is 1.26. The van der Waals surface area contributed by atoms with E-state index in [1.54, 1.807) is 0 Å². The summed E-state index contributed by atoms with van der Waals surface area (Å²) in [5.41, 5.74) is -0.00528. The summed E-state index contributed by atoms with van der Waals surface area (Å²) in [5.74, 6) is -3.31. The molecule has 0 bridgehead atoms. The van der Waals surface area contributed by atoms with Gasteiger partial charge in [0.15, 0.2) is 23.0 Å². The predicted molar refractivity (Wildman–Crippen MR) is 65.8 cm³/mol. The second-order valence-electron chi connectivity index (χ2n) is 4.15. The molecule has 0 atom stereocenters. The number of nitrogens with one attached hydrogen (secondary N) is 1. The molecule has 0 aliphatic carbocycles. The molecule has 1 heterocycles. The Morgan fingerprint density at radius 2 is 1.26 bits per heavy atom. The summed E-state index contributed by atoms with van der Waals surface area (Å²) < 4.78 is 0. The lowest BCUT2D eigenvalue weighted by Crippen LogP contribution is -1.74. The number of aromatic nitrogens is 1. The van der Waals surface area contributed by atoms with E-state index in [1.807, 2.05) is 0 Å². The van der Waals surface area contributed by atoms with Gasteiger partial charge in [-0.1, -0.05) is 0 Å². The average Bonchev–Trinajstić information content (AvgIpc) is 2.73. The Bertz CT molecular complexity index is 836. The van der Waals surface area contributed by atoms with Gasteiger partial charge in [0.1, 0.15) is 5.75 Å². The fourth-order valence-electron chi connectivity index (χ4n) is 2.13. The molecule has 1 aromatic heterocycles. The third-order valence-corrected chi connectivity index (χ3v) is 3.03. The van der Waals surface area contributed by atoms with Crippen molar-refractivity contribution in [2.24, 2.45) is 0 Å². The molecule has 0 saturated carbocycles. The van der Waals surface area contributed by atoms with Crippen LogP contribution in [0, 0.1) is 0 Å². The highest BCUT2D eigenvalue weighted by atomic mass is 16.3. The Hall–Kier alpha value is -2.96. The Labute approximate surface area is 105 Å². The zero-order valence-corrected chi connectivity index (χ0v) is 9.34. The van der Waals surface area contributed by atoms with Gasteiger partial charge in [0.2, 0.25) is 5.75 Å². The number of rotatable bonds is 0. The van der Waals surface area contributed by atoms with Gasteiger partial charge in [0.25, 0.3) is 0 Å². The van der Waals surface area contributed by atoms with Crippen LogP contribution in [0.3, 0.4) is 0 Å². The van der Waals surface area contributed by atoms with Crippen molar-refractivity contribution in [3.05, 3.63) is 12.1 Å². The van der Waals surface area contributed by atoms with Gasteiger partial charge in [-0.2, -0.15) is 0 Å². The number of phenolic OH excluding ortho intramolecular Hbond substituents is 6. The summed E-state index contributed by atoms with van der Waals surface area (Å²) in [4.78, 5) is 2.57. The second-order valence-corrected chi connectivity index (χ2v) is 4.15. The third-order valence-electron chi connectivity index (χ3n) is 3.03. The van der Waals surface area contributed by atoms with Gasteiger partial charge < -0.3 is 35.6 Å². The number of fused-ring (bicyclic) bond motifs is 3. The maximum absolute atomic E-state index is 9.80. The van der Waals surface area contributed by atoms with Crippen LogP contribution in [0.4, 0.5) is 0 Å². The molecule has 3 aromatic rings. The van der Waals surface area contributed by atoms with Crippen molar-refractivity contribution in [2.75, 3.05) is 0 Å². The van der Waals surface area contributed by atoms with Gasteiger partial charge in [-0.05, 0) is 6.07 Å². The first kappa shape index (κ1) is 11.1. The minimum Gasteiger partial charge on any atom is -0.507 e. The fourth-order valence-corrected chi connectivity index (χ4v) is 2.13. The molecule has 3 rings (SSSR count). The van der Waals surface area contributed by atoms with E-state index in [-0.39, 0.29) is 27.6 Å². The number of H-pyrrole nitrogens is 1. The molecule has 7 N–H and O–H groups in total. The SMILES string of the molecule is Oc1cc2c([nH]c3c(O)c(O)cc(O)c32)c(O)c1O. The van der Waals surface area contributed by atoms with Gasteiger partial charge in [0, 0.05) is 11.5 Å². The first-order valence-corrected chi connectivity index (χ1v) is 5.25. The molecule has 0 amide bonds. The molecule has 2 aromatic carbocycles. The molecule has 19 heavy (non-hydrogen) atoms. The summed E-state index contributed by atoms with van der Waals surface area (Å²) in [7, 11) is 0. The molecular weight excluding hydrogens is 254 g/mol. The maximum atomic E-state index is 9.80. The molecular formula is C12H9NO6. The van der Waals surface area contributed by atoms with Crippen molar-refractivity contribution >= 4 is 21.8 Å². The number of hydrogen-bond donors (Lipinski definition) is 7. The highest BCUT2D eigenvalue weighted by Gasteiger charge is 2.20. The van der Waals surface area contributed by atoms with Crippen LogP contribution in [0.5, 0.6) is 34.5 Å². The normalized spacial score (nSPS) is 11.4. The fraction of sp³-hybridized carbons (Fsp3) is 0. The van der Waals surface area contributed by atoms with Gasteiger partial charge in [-0.25, -0.2) is 0 Å². The maximum Gasteiger partial charge on any atom is 0.202 e. The summed E-state index contributed by atoms with van der Waals surface area (Å²) >= 11 is 0. The molecule has 0 fully saturated rings. The zero-order valence-electron chi connectivity index (χ0n) is 9.34. The molecule has 0 radical (unpaired) electrons. The summed E-state index contributed by atoms with van der Waals surface area (Å²) in [6, 6.07) is 2.06. The van der Waals surface area contributed by atoms with Gasteiger partial charge in [-0.3, -0.25) is 0 Å². The summed E-state index contributed by atoms with van der Waals surface area (Å²) in [6.45, 7) is 0. The van der Waals surface area contributed by atoms with Crippen LogP contribution in [0.15, 0.2) is 12.1 Å². The molecule has 7 nitrogen and oxygen atoms in total. The smallest absolute Gasteiger partial charge is 0.202 e. The van der Waals surface area contributed by atoms with E-state index in [9.17, 15) is 30.6 Å². The van der Waals surface area contributed by atoms with Gasteiger partial charge >= 0.3 is 0 Å². The number of aromatic hydroxyl groups is 6. The van der Waals surface area contributed by atoms with Crippen LogP contribution in [0.1, 0.15) is 0 Å². The van der Waals surface area contributed by atoms with Crippen molar-refractivity contribution in [2.45, 2.75) is 0 Å². The van der Waals surface area contributed by atoms with Crippen molar-refractivity contribution in [3.8, 4) is 34.5 Å². The first-order chi connectivity index (χ1) is 8.91.